The summed E-state index contributed by atoms with van der Waals surface area (Å²) in [6, 6.07) is -0.427. The Morgan fingerprint density at radius 1 is 1.53 bits per heavy atom. The first-order valence-electron chi connectivity index (χ1n) is 5.73. The van der Waals surface area contributed by atoms with Gasteiger partial charge in [-0.05, 0) is 19.4 Å². The topological polar surface area (TPSA) is 131 Å². The van der Waals surface area contributed by atoms with Crippen molar-refractivity contribution in [3.8, 4) is 0 Å². The summed E-state index contributed by atoms with van der Waals surface area (Å²) in [5.41, 5.74) is 5.05. The molecule has 1 aliphatic rings. The Morgan fingerprint density at radius 3 is 2.68 bits per heavy atom. The predicted octanol–water partition coefficient (Wildman–Crippen LogP) is -1.87. The van der Waals surface area contributed by atoms with Crippen molar-refractivity contribution in [1.82, 2.24) is 14.3 Å². The number of methoxy groups -OCH3 is 1. The minimum Gasteiger partial charge on any atom is -0.452 e. The van der Waals surface area contributed by atoms with Crippen molar-refractivity contribution in [3.05, 3.63) is 0 Å². The molecular formula is C9H18N4O5S. The molecule has 110 valence electrons. The van der Waals surface area contributed by atoms with E-state index in [4.69, 9.17) is 5.73 Å². The first-order valence-corrected chi connectivity index (χ1v) is 7.17. The number of ether oxygens (including phenoxy) is 1. The molecule has 1 saturated heterocycles. The second-order valence-electron chi connectivity index (χ2n) is 4.11. The average molecular weight is 294 g/mol. The van der Waals surface area contributed by atoms with E-state index in [1.807, 2.05) is 0 Å². The SMILES string of the molecule is COC(=O)NS(=O)(=O)N(CC(N)=O)C1CCCNC1. The lowest BCUT2D eigenvalue weighted by Crippen LogP contribution is -2.55. The van der Waals surface area contributed by atoms with Crippen LogP contribution in [0.1, 0.15) is 12.8 Å². The van der Waals surface area contributed by atoms with Crippen LogP contribution in [0.4, 0.5) is 4.79 Å². The fraction of sp³-hybridized carbons (Fsp3) is 0.778. The number of carbonyl (C=O) groups is 2. The van der Waals surface area contributed by atoms with Crippen molar-refractivity contribution in [2.75, 3.05) is 26.7 Å². The molecule has 9 nitrogen and oxygen atoms in total. The van der Waals surface area contributed by atoms with Crippen LogP contribution in [0.25, 0.3) is 0 Å². The molecule has 0 radical (unpaired) electrons. The van der Waals surface area contributed by atoms with E-state index in [1.54, 1.807) is 4.72 Å². The van der Waals surface area contributed by atoms with Crippen molar-refractivity contribution >= 4 is 22.2 Å². The number of hydrogen-bond donors (Lipinski definition) is 3. The maximum absolute atomic E-state index is 12.0. The van der Waals surface area contributed by atoms with E-state index in [-0.39, 0.29) is 0 Å². The highest BCUT2D eigenvalue weighted by molar-refractivity contribution is 7.87. The number of amides is 2. The summed E-state index contributed by atoms with van der Waals surface area (Å²) in [6.45, 7) is 0.694. The summed E-state index contributed by atoms with van der Waals surface area (Å²) < 4.78 is 30.9. The van der Waals surface area contributed by atoms with Crippen molar-refractivity contribution in [2.24, 2.45) is 5.73 Å². The molecule has 1 atom stereocenters. The van der Waals surface area contributed by atoms with Gasteiger partial charge >= 0.3 is 16.3 Å². The Morgan fingerprint density at radius 2 is 2.21 bits per heavy atom. The first kappa shape index (κ1) is 15.7. The molecule has 1 heterocycles. The van der Waals surface area contributed by atoms with Gasteiger partial charge < -0.3 is 15.8 Å². The van der Waals surface area contributed by atoms with E-state index in [9.17, 15) is 18.0 Å². The fourth-order valence-corrected chi connectivity index (χ4v) is 3.13. The van der Waals surface area contributed by atoms with Crippen molar-refractivity contribution < 1.29 is 22.7 Å². The van der Waals surface area contributed by atoms with Gasteiger partial charge in [0.05, 0.1) is 13.7 Å². The summed E-state index contributed by atoms with van der Waals surface area (Å²) in [4.78, 5) is 22.0. The van der Waals surface area contributed by atoms with E-state index in [0.717, 1.165) is 24.4 Å². The zero-order chi connectivity index (χ0) is 14.5. The minimum atomic E-state index is -4.16. The number of nitrogens with zero attached hydrogens (tertiary/aromatic N) is 1. The molecule has 0 bridgehead atoms. The van der Waals surface area contributed by atoms with E-state index in [2.05, 4.69) is 10.1 Å². The molecule has 4 N–H and O–H groups in total. The number of nitrogens with two attached hydrogens (primary N) is 1. The Hall–Kier alpha value is -1.39. The van der Waals surface area contributed by atoms with Gasteiger partial charge in [-0.2, -0.15) is 12.7 Å². The third kappa shape index (κ3) is 4.65. The standard InChI is InChI=1S/C9H18N4O5S/c1-18-9(15)12-19(16,17)13(6-8(10)14)7-3-2-4-11-5-7/h7,11H,2-6H2,1H3,(H2,10,14)(H,12,15). The van der Waals surface area contributed by atoms with Crippen LogP contribution in [0, 0.1) is 0 Å². The summed E-state index contributed by atoms with van der Waals surface area (Å²) in [7, 11) is -3.11. The number of rotatable bonds is 5. The lowest BCUT2D eigenvalue weighted by molar-refractivity contribution is -0.118. The summed E-state index contributed by atoms with van der Waals surface area (Å²) in [5, 5.41) is 3.03. The molecule has 0 spiro atoms. The smallest absolute Gasteiger partial charge is 0.421 e. The molecule has 1 aliphatic heterocycles. The number of carbonyl (C=O) groups excluding carboxylic acids is 2. The van der Waals surface area contributed by atoms with Gasteiger partial charge in [0.1, 0.15) is 0 Å². The molecule has 1 unspecified atom stereocenters. The molecule has 2 amide bonds. The Bertz CT molecular complexity index is 432. The molecule has 0 saturated carbocycles. The van der Waals surface area contributed by atoms with Crippen LogP contribution in [0.15, 0.2) is 0 Å². The Kier molecular flexibility index (Phi) is 5.51. The van der Waals surface area contributed by atoms with Crippen LogP contribution < -0.4 is 15.8 Å². The van der Waals surface area contributed by atoms with Gasteiger partial charge in [0.25, 0.3) is 0 Å². The Labute approximate surface area is 111 Å². The van der Waals surface area contributed by atoms with Crippen LogP contribution in [0.3, 0.4) is 0 Å². The van der Waals surface area contributed by atoms with Crippen LogP contribution in [-0.2, 0) is 19.7 Å². The molecule has 10 heteroatoms. The first-order chi connectivity index (χ1) is 8.86. The summed E-state index contributed by atoms with van der Waals surface area (Å²) in [6.07, 6.45) is 0.244. The highest BCUT2D eigenvalue weighted by atomic mass is 32.2. The maximum Gasteiger partial charge on any atom is 0.421 e. The van der Waals surface area contributed by atoms with Crippen molar-refractivity contribution in [3.63, 3.8) is 0 Å². The van der Waals surface area contributed by atoms with Crippen LogP contribution >= 0.6 is 0 Å². The van der Waals surface area contributed by atoms with Gasteiger partial charge in [-0.3, -0.25) is 4.79 Å². The molecule has 0 aromatic rings. The highest BCUT2D eigenvalue weighted by Crippen LogP contribution is 2.13. The van der Waals surface area contributed by atoms with E-state index < -0.39 is 34.8 Å². The second-order valence-corrected chi connectivity index (χ2v) is 5.73. The van der Waals surface area contributed by atoms with Gasteiger partial charge in [0.15, 0.2) is 0 Å². The highest BCUT2D eigenvalue weighted by Gasteiger charge is 2.33. The normalized spacial score (nSPS) is 20.0. The number of primary amides is 1. The van der Waals surface area contributed by atoms with E-state index in [1.165, 1.54) is 0 Å². The van der Waals surface area contributed by atoms with Gasteiger partial charge in [0, 0.05) is 12.6 Å². The van der Waals surface area contributed by atoms with Crippen LogP contribution in [-0.4, -0.2) is 57.5 Å². The molecule has 1 fully saturated rings. The lowest BCUT2D eigenvalue weighted by Gasteiger charge is -2.32. The molecular weight excluding hydrogens is 276 g/mol. The molecule has 0 aliphatic carbocycles. The van der Waals surface area contributed by atoms with Crippen molar-refractivity contribution in [2.45, 2.75) is 18.9 Å². The third-order valence-electron chi connectivity index (χ3n) is 2.70. The largest absolute Gasteiger partial charge is 0.452 e. The van der Waals surface area contributed by atoms with Crippen LogP contribution in [0.5, 0.6) is 0 Å². The lowest BCUT2D eigenvalue weighted by atomic mass is 10.1. The second kappa shape index (κ2) is 6.68. The zero-order valence-electron chi connectivity index (χ0n) is 10.6. The van der Waals surface area contributed by atoms with Crippen molar-refractivity contribution in [1.29, 1.82) is 0 Å². The predicted molar refractivity (Wildman–Crippen MR) is 66.3 cm³/mol. The fourth-order valence-electron chi connectivity index (χ4n) is 1.85. The number of hydrogen-bond acceptors (Lipinski definition) is 6. The molecule has 0 aromatic carbocycles. The summed E-state index contributed by atoms with van der Waals surface area (Å²) >= 11 is 0. The van der Waals surface area contributed by atoms with Gasteiger partial charge in [-0.1, -0.05) is 0 Å². The van der Waals surface area contributed by atoms with Crippen LogP contribution in [0.2, 0.25) is 0 Å². The maximum atomic E-state index is 12.0. The van der Waals surface area contributed by atoms with Gasteiger partial charge in [-0.25, -0.2) is 9.52 Å². The van der Waals surface area contributed by atoms with E-state index >= 15 is 0 Å². The third-order valence-corrected chi connectivity index (χ3v) is 4.17. The number of nitrogens with one attached hydrogen (secondary N) is 2. The quantitative estimate of drug-likeness (QED) is 0.544. The minimum absolute atomic E-state index is 0.398. The number of piperidine rings is 1. The van der Waals surface area contributed by atoms with Gasteiger partial charge in [0.2, 0.25) is 5.91 Å². The molecule has 0 aromatic heterocycles. The molecule has 1 rings (SSSR count). The zero-order valence-corrected chi connectivity index (χ0v) is 11.4. The average Bonchev–Trinajstić information content (AvgIpc) is 2.36. The Balaban J connectivity index is 2.88. The molecule has 19 heavy (non-hydrogen) atoms. The van der Waals surface area contributed by atoms with E-state index in [0.29, 0.717) is 13.0 Å². The monoisotopic (exact) mass is 294 g/mol. The summed E-state index contributed by atoms with van der Waals surface area (Å²) in [5.74, 6) is -0.791. The van der Waals surface area contributed by atoms with Gasteiger partial charge in [-0.15, -0.1) is 0 Å².